The maximum absolute atomic E-state index is 13.2. The molecule has 0 radical (unpaired) electrons. The molecule has 1 saturated heterocycles. The van der Waals surface area contributed by atoms with E-state index in [1.807, 2.05) is 42.5 Å². The second-order valence-electron chi connectivity index (χ2n) is 9.03. The fraction of sp³-hybridized carbons (Fsp3) is 0.308. The van der Waals surface area contributed by atoms with Gasteiger partial charge in [0.05, 0.1) is 13.2 Å². The molecule has 1 fully saturated rings. The molecule has 6 rings (SSSR count). The molecule has 0 amide bonds. The Labute approximate surface area is 208 Å². The number of likely N-dealkylation sites (N-methyl/N-ethyl adjacent to an activating group) is 1. The Morgan fingerprint density at radius 1 is 0.972 bits per heavy atom. The minimum Gasteiger partial charge on any atom is -0.477 e. The highest BCUT2D eigenvalue weighted by molar-refractivity contribution is 5.77. The summed E-state index contributed by atoms with van der Waals surface area (Å²) >= 11 is 0. The van der Waals surface area contributed by atoms with E-state index in [1.165, 1.54) is 5.69 Å². The Bertz CT molecular complexity index is 1470. The fourth-order valence-electron chi connectivity index (χ4n) is 4.56. The molecule has 2 aliphatic heterocycles. The van der Waals surface area contributed by atoms with Crippen LogP contribution in [0.15, 0.2) is 65.6 Å². The van der Waals surface area contributed by atoms with Gasteiger partial charge < -0.3 is 19.9 Å². The highest BCUT2D eigenvalue weighted by Gasteiger charge is 2.19. The molecule has 0 spiro atoms. The average Bonchev–Trinajstić information content (AvgIpc) is 3.16. The van der Waals surface area contributed by atoms with Gasteiger partial charge in [0.15, 0.2) is 11.5 Å². The Kier molecular flexibility index (Phi) is 5.86. The SMILES string of the molecule is CN1CCN(c2ccc(Nc3ncc4c(=O)n5n(c4n3)-c3cccc(n3)OCC/C=C\C5)cc2)CC1. The van der Waals surface area contributed by atoms with Gasteiger partial charge in [-0.3, -0.25) is 4.79 Å². The van der Waals surface area contributed by atoms with Crippen LogP contribution >= 0.6 is 0 Å². The summed E-state index contributed by atoms with van der Waals surface area (Å²) in [5.74, 6) is 1.49. The molecule has 2 bridgehead atoms. The third-order valence-corrected chi connectivity index (χ3v) is 6.57. The van der Waals surface area contributed by atoms with Gasteiger partial charge in [-0.05, 0) is 43.8 Å². The topological polar surface area (TPSA) is 93.3 Å². The highest BCUT2D eigenvalue weighted by Crippen LogP contribution is 2.23. The lowest BCUT2D eigenvalue weighted by molar-refractivity contribution is 0.312. The monoisotopic (exact) mass is 484 g/mol. The normalized spacial score (nSPS) is 17.2. The first-order chi connectivity index (χ1) is 17.7. The summed E-state index contributed by atoms with van der Waals surface area (Å²) in [5, 5.41) is 3.72. The molecule has 5 heterocycles. The molecule has 3 aromatic heterocycles. The van der Waals surface area contributed by atoms with Crippen molar-refractivity contribution in [1.29, 1.82) is 0 Å². The predicted molar refractivity (Wildman–Crippen MR) is 140 cm³/mol. The summed E-state index contributed by atoms with van der Waals surface area (Å²) in [6.45, 7) is 5.10. The number of hydrogen-bond donors (Lipinski definition) is 1. The highest BCUT2D eigenvalue weighted by atomic mass is 16.5. The Hall–Kier alpha value is -4.18. The smallest absolute Gasteiger partial charge is 0.278 e. The van der Waals surface area contributed by atoms with Crippen LogP contribution in [0.2, 0.25) is 0 Å². The van der Waals surface area contributed by atoms with E-state index in [9.17, 15) is 4.79 Å². The van der Waals surface area contributed by atoms with Crippen molar-refractivity contribution in [3.8, 4) is 11.7 Å². The van der Waals surface area contributed by atoms with Crippen molar-refractivity contribution in [1.82, 2.24) is 29.2 Å². The van der Waals surface area contributed by atoms with E-state index < -0.39 is 0 Å². The van der Waals surface area contributed by atoms with Crippen LogP contribution in [0.25, 0.3) is 16.9 Å². The number of aromatic nitrogens is 5. The summed E-state index contributed by atoms with van der Waals surface area (Å²) < 4.78 is 9.13. The summed E-state index contributed by atoms with van der Waals surface area (Å²) in [5.41, 5.74) is 2.41. The van der Waals surface area contributed by atoms with Crippen LogP contribution in [0.4, 0.5) is 17.3 Å². The number of fused-ring (bicyclic) bond motifs is 6. The molecular formula is C26H28N8O2. The van der Waals surface area contributed by atoms with E-state index in [2.05, 4.69) is 44.3 Å². The van der Waals surface area contributed by atoms with E-state index in [0.29, 0.717) is 41.8 Å². The van der Waals surface area contributed by atoms with Crippen molar-refractivity contribution in [2.45, 2.75) is 13.0 Å². The van der Waals surface area contributed by atoms with E-state index >= 15 is 0 Å². The maximum atomic E-state index is 13.2. The van der Waals surface area contributed by atoms with E-state index in [4.69, 9.17) is 9.72 Å². The van der Waals surface area contributed by atoms with Crippen LogP contribution in [-0.2, 0) is 6.54 Å². The molecule has 0 atom stereocenters. The Morgan fingerprint density at radius 2 is 1.81 bits per heavy atom. The van der Waals surface area contributed by atoms with Crippen LogP contribution in [-0.4, -0.2) is 69.0 Å². The molecule has 4 aromatic rings. The largest absolute Gasteiger partial charge is 0.477 e. The number of hydrogen-bond acceptors (Lipinski definition) is 8. The van der Waals surface area contributed by atoms with Crippen LogP contribution in [0.5, 0.6) is 5.88 Å². The van der Waals surface area contributed by atoms with Crippen LogP contribution in [0.3, 0.4) is 0 Å². The number of ether oxygens (including phenoxy) is 1. The van der Waals surface area contributed by atoms with Gasteiger partial charge in [-0.15, -0.1) is 0 Å². The van der Waals surface area contributed by atoms with Gasteiger partial charge in [0.2, 0.25) is 11.8 Å². The fourth-order valence-corrected chi connectivity index (χ4v) is 4.56. The molecule has 0 unspecified atom stereocenters. The van der Waals surface area contributed by atoms with Gasteiger partial charge in [0, 0.05) is 49.8 Å². The van der Waals surface area contributed by atoms with Gasteiger partial charge >= 0.3 is 0 Å². The van der Waals surface area contributed by atoms with Crippen molar-refractivity contribution >= 4 is 28.4 Å². The molecule has 0 aliphatic carbocycles. The van der Waals surface area contributed by atoms with E-state index in [0.717, 1.165) is 38.3 Å². The number of nitrogens with zero attached hydrogens (tertiary/aromatic N) is 7. The third kappa shape index (κ3) is 4.31. The summed E-state index contributed by atoms with van der Waals surface area (Å²) in [6, 6.07) is 13.8. The van der Waals surface area contributed by atoms with Crippen LogP contribution < -0.4 is 20.5 Å². The first-order valence-corrected chi connectivity index (χ1v) is 12.2. The maximum Gasteiger partial charge on any atom is 0.278 e. The van der Waals surface area contributed by atoms with Gasteiger partial charge in [-0.25, -0.2) is 14.3 Å². The van der Waals surface area contributed by atoms with Crippen molar-refractivity contribution in [3.05, 3.63) is 71.2 Å². The van der Waals surface area contributed by atoms with Gasteiger partial charge in [-0.1, -0.05) is 18.2 Å². The zero-order valence-electron chi connectivity index (χ0n) is 20.2. The first kappa shape index (κ1) is 22.3. The zero-order valence-corrected chi connectivity index (χ0v) is 20.2. The number of allylic oxidation sites excluding steroid dienone is 1. The minimum atomic E-state index is -0.162. The molecule has 36 heavy (non-hydrogen) atoms. The number of piperazine rings is 1. The third-order valence-electron chi connectivity index (χ3n) is 6.57. The number of benzene rings is 1. The number of anilines is 3. The van der Waals surface area contributed by atoms with Gasteiger partial charge in [-0.2, -0.15) is 9.97 Å². The Balaban J connectivity index is 1.34. The number of pyridine rings is 1. The lowest BCUT2D eigenvalue weighted by Crippen LogP contribution is -2.44. The quantitative estimate of drug-likeness (QED) is 0.444. The molecule has 0 saturated carbocycles. The molecule has 1 N–H and O–H groups in total. The lowest BCUT2D eigenvalue weighted by Gasteiger charge is -2.34. The second kappa shape index (κ2) is 9.46. The first-order valence-electron chi connectivity index (χ1n) is 12.2. The van der Waals surface area contributed by atoms with Crippen molar-refractivity contribution in [2.75, 3.05) is 50.1 Å². The standard InChI is InChI=1S/C26H28N8O2/c1-31-13-15-32(16-14-31)20-10-8-19(9-11-20)28-26-27-18-21-24(30-26)34-22-6-5-7-23(29-22)36-17-4-2-3-12-33(34)25(21)35/h2-3,5-11,18H,4,12-17H2,1H3,(H,27,28,30)/b3-2-. The summed E-state index contributed by atoms with van der Waals surface area (Å²) in [4.78, 5) is 31.7. The molecule has 2 aliphatic rings. The predicted octanol–water partition coefficient (Wildman–Crippen LogP) is 2.81. The number of nitrogens with one attached hydrogen (secondary N) is 1. The molecule has 10 nitrogen and oxygen atoms in total. The Morgan fingerprint density at radius 3 is 2.64 bits per heavy atom. The lowest BCUT2D eigenvalue weighted by atomic mass is 10.2. The molecular weight excluding hydrogens is 456 g/mol. The van der Waals surface area contributed by atoms with Crippen LogP contribution in [0.1, 0.15) is 6.42 Å². The van der Waals surface area contributed by atoms with Crippen molar-refractivity contribution in [3.63, 3.8) is 0 Å². The molecule has 1 aromatic carbocycles. The van der Waals surface area contributed by atoms with Gasteiger partial charge in [0.1, 0.15) is 5.39 Å². The van der Waals surface area contributed by atoms with E-state index in [-0.39, 0.29) is 5.56 Å². The average molecular weight is 485 g/mol. The van der Waals surface area contributed by atoms with Gasteiger partial charge in [0.25, 0.3) is 5.56 Å². The zero-order chi connectivity index (χ0) is 24.5. The second-order valence-corrected chi connectivity index (χ2v) is 9.03. The number of rotatable bonds is 3. The molecule has 184 valence electrons. The van der Waals surface area contributed by atoms with Crippen molar-refractivity contribution < 1.29 is 4.74 Å². The van der Waals surface area contributed by atoms with Crippen LogP contribution in [0, 0.1) is 0 Å². The summed E-state index contributed by atoms with van der Waals surface area (Å²) in [6.07, 6.45) is 6.28. The van der Waals surface area contributed by atoms with Crippen molar-refractivity contribution in [2.24, 2.45) is 0 Å². The summed E-state index contributed by atoms with van der Waals surface area (Å²) in [7, 11) is 2.16. The van der Waals surface area contributed by atoms with E-state index in [1.54, 1.807) is 15.6 Å². The minimum absolute atomic E-state index is 0.162. The molecule has 10 heteroatoms.